The molecule has 0 bridgehead atoms. The van der Waals surface area contributed by atoms with Crippen molar-refractivity contribution in [2.75, 3.05) is 0 Å². The molecule has 0 spiro atoms. The topological polar surface area (TPSA) is 25.3 Å². The number of hydrogen-bond acceptors (Lipinski definition) is 0. The normalized spacial score (nSPS) is 12.4. The second kappa shape index (κ2) is 76.8. The minimum absolute atomic E-state index is 0.962. The van der Waals surface area contributed by atoms with Gasteiger partial charge in [-0.25, -0.2) is 4.70 Å². The molecule has 1 aliphatic heterocycles. The molecule has 0 aliphatic carbocycles. The average Bonchev–Trinajstić information content (AvgIpc) is 1.64. The van der Waals surface area contributed by atoms with E-state index in [0.717, 1.165) is 56.3 Å². The quantitative estimate of drug-likeness (QED) is 0.0358. The molecule has 2 nitrogen and oxygen atoms in total. The molecule has 2 aromatic carbocycles. The SMILES string of the molecule is CCCCCCCCCCCCCCCCCCCCCCCCCCC[CH2][Ni][CH2]CCCCCCCCCCCCCCCCCCCCCCCCCCC.CCCCCCc1cc(CCCCCC)cc(C2=CC(CCCC)=C(c3cc(CCCCCC)cc(CCCCCC)c3)[N+]2=[N-])c1. The van der Waals surface area contributed by atoms with Gasteiger partial charge in [-0.1, -0.05) is 337 Å². The van der Waals surface area contributed by atoms with Crippen LogP contribution in [0, 0.1) is 0 Å². The van der Waals surface area contributed by atoms with Gasteiger partial charge in [0.15, 0.2) is 0 Å². The van der Waals surface area contributed by atoms with E-state index in [4.69, 9.17) is 0 Å². The molecule has 0 N–H and O–H groups in total. The van der Waals surface area contributed by atoms with Crippen molar-refractivity contribution >= 4 is 11.4 Å². The van der Waals surface area contributed by atoms with Gasteiger partial charge in [0.1, 0.15) is 0 Å². The van der Waals surface area contributed by atoms with Crippen molar-refractivity contribution in [3.8, 4) is 0 Å². The molecule has 0 saturated carbocycles. The zero-order chi connectivity index (χ0) is 73.9. The first kappa shape index (κ1) is 97.1. The van der Waals surface area contributed by atoms with Gasteiger partial charge >= 0.3 is 166 Å². The number of aryl methyl sites for hydroxylation is 4. The monoisotopic (exact) mass is 1470 g/mol. The Labute approximate surface area is 654 Å². The number of nitrogens with zero attached hydrogens (tertiary/aromatic N) is 2. The molecular formula is C100H182N2Ni. The van der Waals surface area contributed by atoms with E-state index in [1.165, 1.54) is 486 Å². The van der Waals surface area contributed by atoms with E-state index in [9.17, 15) is 5.53 Å². The van der Waals surface area contributed by atoms with Crippen LogP contribution in [0.25, 0.3) is 16.9 Å². The second-order valence-electron chi connectivity index (χ2n) is 33.3. The van der Waals surface area contributed by atoms with E-state index < -0.39 is 0 Å². The first-order valence-corrected chi connectivity index (χ1v) is 49.0. The molecule has 0 unspecified atom stereocenters. The van der Waals surface area contributed by atoms with Crippen LogP contribution in [0.15, 0.2) is 48.0 Å². The first-order valence-electron chi connectivity index (χ1n) is 47.6. The molecule has 3 heteroatoms. The maximum atomic E-state index is 12.1. The molecule has 0 aromatic heterocycles. The zero-order valence-electron chi connectivity index (χ0n) is 71.2. The van der Waals surface area contributed by atoms with Gasteiger partial charge < -0.3 is 5.53 Å². The summed E-state index contributed by atoms with van der Waals surface area (Å²) in [6.07, 6.45) is 108. The van der Waals surface area contributed by atoms with Gasteiger partial charge in [0.2, 0.25) is 11.4 Å². The van der Waals surface area contributed by atoms with Crippen molar-refractivity contribution in [3.05, 3.63) is 87.0 Å². The summed E-state index contributed by atoms with van der Waals surface area (Å²) in [7, 11) is 0. The Morgan fingerprint density at radius 3 is 0.631 bits per heavy atom. The van der Waals surface area contributed by atoms with Gasteiger partial charge in [0.25, 0.3) is 0 Å². The van der Waals surface area contributed by atoms with Crippen molar-refractivity contribution in [1.82, 2.24) is 0 Å². The van der Waals surface area contributed by atoms with Gasteiger partial charge in [0.05, 0.1) is 0 Å². The van der Waals surface area contributed by atoms with Gasteiger partial charge in [0, 0.05) is 22.8 Å². The number of benzene rings is 2. The summed E-state index contributed by atoms with van der Waals surface area (Å²) in [6, 6.07) is 14.5. The fourth-order valence-electron chi connectivity index (χ4n) is 16.1. The van der Waals surface area contributed by atoms with Crippen LogP contribution in [0.4, 0.5) is 0 Å². The summed E-state index contributed by atoms with van der Waals surface area (Å²) in [5, 5.41) is 2.87. The Kier molecular flexibility index (Phi) is 72.4. The van der Waals surface area contributed by atoms with E-state index in [1.54, 1.807) is 4.70 Å². The Balaban J connectivity index is 0.000000714. The standard InChI is InChI=1S/C44H68N2.2C28H57.Ni/c1-6-11-16-20-24-36-29-37(25-21-17-12-7-2)32-41(31-36)43-35-40(28-15-10-5)44(46(43)45)42-33-38(26-22-18-13-8-3)30-39(34-42)27-23-19-14-9-4;2*1-3-5-7-9-11-13-15-17-19-21-23-25-27-28-26-24-22-20-18-16-14-12-10-8-6-4-2;/h29-35H,6-28H2,1-5H3;2*1,3-28H2,2H3;. The van der Waals surface area contributed by atoms with E-state index in [0.29, 0.717) is 0 Å². The van der Waals surface area contributed by atoms with Gasteiger partial charge in [-0.2, -0.15) is 0 Å². The van der Waals surface area contributed by atoms with Crippen LogP contribution in [0.5, 0.6) is 0 Å². The summed E-state index contributed by atoms with van der Waals surface area (Å²) in [4.78, 5) is 0. The molecule has 0 radical (unpaired) electrons. The molecule has 3 rings (SSSR count). The van der Waals surface area contributed by atoms with E-state index in [2.05, 4.69) is 105 Å². The predicted octanol–water partition coefficient (Wildman–Crippen LogP) is 36.4. The number of rotatable bonds is 79. The van der Waals surface area contributed by atoms with Crippen LogP contribution in [0.3, 0.4) is 0 Å². The minimum Gasteiger partial charge on any atom is -0.493 e. The van der Waals surface area contributed by atoms with E-state index >= 15 is 0 Å². The van der Waals surface area contributed by atoms with Crippen LogP contribution < -0.4 is 0 Å². The average molecular weight is 1470 g/mol. The van der Waals surface area contributed by atoms with Crippen molar-refractivity contribution in [3.63, 3.8) is 0 Å². The van der Waals surface area contributed by atoms with E-state index in [1.807, 2.05) is 0 Å². The fourth-order valence-corrected chi connectivity index (χ4v) is 17.3. The van der Waals surface area contributed by atoms with Crippen LogP contribution in [0.2, 0.25) is 10.8 Å². The zero-order valence-corrected chi connectivity index (χ0v) is 72.2. The Morgan fingerprint density at radius 2 is 0.408 bits per heavy atom. The van der Waals surface area contributed by atoms with Crippen molar-refractivity contribution < 1.29 is 19.1 Å². The number of unbranched alkanes of at least 4 members (excludes halogenated alkanes) is 63. The van der Waals surface area contributed by atoms with Crippen LogP contribution >= 0.6 is 0 Å². The predicted molar refractivity (Wildman–Crippen MR) is 463 cm³/mol. The van der Waals surface area contributed by atoms with Crippen LogP contribution in [-0.2, 0) is 40.1 Å². The van der Waals surface area contributed by atoms with Crippen molar-refractivity contribution in [2.45, 2.75) is 541 Å². The molecule has 0 atom stereocenters. The third-order valence-corrected chi connectivity index (χ3v) is 24.4. The van der Waals surface area contributed by atoms with Gasteiger partial charge in [-0.3, -0.25) is 0 Å². The van der Waals surface area contributed by atoms with Crippen LogP contribution in [0.1, 0.15) is 538 Å². The number of allylic oxidation sites excluding steroid dienone is 2. The summed E-state index contributed by atoms with van der Waals surface area (Å²) in [6.45, 7) is 16.1. The molecular weight excluding hydrogens is 1290 g/mol. The summed E-state index contributed by atoms with van der Waals surface area (Å²) < 4.78 is 1.57. The molecule has 602 valence electrons. The van der Waals surface area contributed by atoms with Crippen LogP contribution in [-0.4, -0.2) is 4.70 Å². The maximum absolute atomic E-state index is 12.1. The molecule has 0 amide bonds. The molecule has 2 aromatic rings. The third kappa shape index (κ3) is 58.6. The fraction of sp³-hybridized carbons (Fsp3) is 0.840. The third-order valence-electron chi connectivity index (χ3n) is 23.0. The van der Waals surface area contributed by atoms with Gasteiger partial charge in [-0.05, 0) is 111 Å². The first-order chi connectivity index (χ1) is 51.0. The Hall–Kier alpha value is -1.99. The smallest absolute Gasteiger partial charge is 0.493 e. The van der Waals surface area contributed by atoms with Gasteiger partial charge in [-0.15, -0.1) is 0 Å². The molecule has 1 heterocycles. The van der Waals surface area contributed by atoms with Crippen molar-refractivity contribution in [2.24, 2.45) is 0 Å². The Morgan fingerprint density at radius 1 is 0.214 bits per heavy atom. The minimum atomic E-state index is 0.962. The second-order valence-corrected chi connectivity index (χ2v) is 34.8. The summed E-state index contributed by atoms with van der Waals surface area (Å²) in [5.41, 5.74) is 23.5. The Bertz CT molecular complexity index is 2070. The molecule has 0 saturated heterocycles. The summed E-state index contributed by atoms with van der Waals surface area (Å²) >= 11 is 2.05. The molecule has 103 heavy (non-hydrogen) atoms. The van der Waals surface area contributed by atoms with E-state index in [-0.39, 0.29) is 0 Å². The molecule has 0 fully saturated rings. The molecule has 1 aliphatic rings. The number of hydrogen-bond donors (Lipinski definition) is 0. The van der Waals surface area contributed by atoms with Crippen molar-refractivity contribution in [1.29, 1.82) is 0 Å². The summed E-state index contributed by atoms with van der Waals surface area (Å²) in [5.74, 6) is 0.